The second-order valence-corrected chi connectivity index (χ2v) is 6.92. The number of aryl methyl sites for hydroxylation is 1. The lowest BCUT2D eigenvalue weighted by atomic mass is 10.1. The maximum Gasteiger partial charge on any atom is 0.220 e. The molecule has 0 aliphatic rings. The standard InChI is InChI=1S/C23H29N3O2/c1-27-21-15-9-10-16-22(21)28-17-11-5-3-2-4-6-13-19-18-12-7-8-14-20(18)26-23(24)25-19/h7-10,12,14-16H,2-6,11,13,17H2,1H3,(H2,24,25,26). The first-order valence-electron chi connectivity index (χ1n) is 10.0. The van der Waals surface area contributed by atoms with Gasteiger partial charge >= 0.3 is 0 Å². The van der Waals surface area contributed by atoms with Crippen molar-refractivity contribution >= 4 is 16.9 Å². The fourth-order valence-electron chi connectivity index (χ4n) is 3.37. The molecule has 0 saturated heterocycles. The Hall–Kier alpha value is -2.82. The van der Waals surface area contributed by atoms with E-state index in [2.05, 4.69) is 16.0 Å². The van der Waals surface area contributed by atoms with E-state index in [1.807, 2.05) is 42.5 Å². The average molecular weight is 380 g/mol. The van der Waals surface area contributed by atoms with Crippen LogP contribution in [0.3, 0.4) is 0 Å². The van der Waals surface area contributed by atoms with Crippen LogP contribution >= 0.6 is 0 Å². The third kappa shape index (κ3) is 5.59. The van der Waals surface area contributed by atoms with Crippen molar-refractivity contribution in [2.24, 2.45) is 0 Å². The zero-order valence-electron chi connectivity index (χ0n) is 16.6. The van der Waals surface area contributed by atoms with Crippen LogP contribution in [0.2, 0.25) is 0 Å². The summed E-state index contributed by atoms with van der Waals surface area (Å²) < 4.78 is 11.1. The number of rotatable bonds is 11. The molecule has 2 N–H and O–H groups in total. The molecule has 5 nitrogen and oxygen atoms in total. The van der Waals surface area contributed by atoms with Gasteiger partial charge in [-0.1, -0.05) is 56.0 Å². The van der Waals surface area contributed by atoms with E-state index in [9.17, 15) is 0 Å². The average Bonchev–Trinajstić information content (AvgIpc) is 2.72. The molecule has 0 spiro atoms. The molecule has 5 heteroatoms. The Morgan fingerprint density at radius 2 is 1.46 bits per heavy atom. The van der Waals surface area contributed by atoms with Gasteiger partial charge in [-0.25, -0.2) is 9.97 Å². The molecular weight excluding hydrogens is 350 g/mol. The van der Waals surface area contributed by atoms with Gasteiger partial charge in [0.15, 0.2) is 11.5 Å². The SMILES string of the molecule is COc1ccccc1OCCCCCCCCc1nc(N)nc2ccccc12. The fraction of sp³-hybridized carbons (Fsp3) is 0.391. The van der Waals surface area contributed by atoms with Crippen LogP contribution in [0.25, 0.3) is 10.9 Å². The summed E-state index contributed by atoms with van der Waals surface area (Å²) in [5.74, 6) is 1.98. The molecule has 0 saturated carbocycles. The third-order valence-corrected chi connectivity index (χ3v) is 4.83. The Bertz CT molecular complexity index is 883. The number of hydrogen-bond donors (Lipinski definition) is 1. The summed E-state index contributed by atoms with van der Waals surface area (Å²) in [5, 5.41) is 1.12. The molecule has 0 bridgehead atoms. The summed E-state index contributed by atoms with van der Waals surface area (Å²) in [5.41, 5.74) is 7.84. The van der Waals surface area contributed by atoms with Crippen molar-refractivity contribution in [2.75, 3.05) is 19.5 Å². The molecule has 28 heavy (non-hydrogen) atoms. The number of nitrogen functional groups attached to an aromatic ring is 1. The van der Waals surface area contributed by atoms with Crippen molar-refractivity contribution in [3.05, 3.63) is 54.2 Å². The summed E-state index contributed by atoms with van der Waals surface area (Å²) in [7, 11) is 1.67. The lowest BCUT2D eigenvalue weighted by molar-refractivity contribution is 0.284. The summed E-state index contributed by atoms with van der Waals surface area (Å²) in [6.07, 6.45) is 7.96. The van der Waals surface area contributed by atoms with Crippen molar-refractivity contribution in [1.29, 1.82) is 0 Å². The monoisotopic (exact) mass is 379 g/mol. The number of anilines is 1. The first-order valence-corrected chi connectivity index (χ1v) is 10.0. The Balaban J connectivity index is 1.31. The molecule has 0 atom stereocenters. The molecule has 1 aromatic heterocycles. The maximum atomic E-state index is 5.84. The van der Waals surface area contributed by atoms with E-state index in [4.69, 9.17) is 15.2 Å². The molecule has 0 aliphatic carbocycles. The highest BCUT2D eigenvalue weighted by molar-refractivity contribution is 5.81. The van der Waals surface area contributed by atoms with E-state index in [-0.39, 0.29) is 0 Å². The summed E-state index contributed by atoms with van der Waals surface area (Å²) >= 11 is 0. The Morgan fingerprint density at radius 1 is 0.786 bits per heavy atom. The van der Waals surface area contributed by atoms with Gasteiger partial charge in [0.1, 0.15) is 0 Å². The zero-order chi connectivity index (χ0) is 19.6. The quantitative estimate of drug-likeness (QED) is 0.465. The van der Waals surface area contributed by atoms with Gasteiger partial charge in [-0.2, -0.15) is 0 Å². The lowest BCUT2D eigenvalue weighted by Crippen LogP contribution is -2.01. The molecule has 0 aliphatic heterocycles. The molecule has 1 heterocycles. The highest BCUT2D eigenvalue weighted by Crippen LogP contribution is 2.26. The summed E-state index contributed by atoms with van der Waals surface area (Å²) in [6.45, 7) is 0.729. The van der Waals surface area contributed by atoms with E-state index < -0.39 is 0 Å². The molecule has 0 amide bonds. The number of fused-ring (bicyclic) bond motifs is 1. The predicted molar refractivity (Wildman–Crippen MR) is 114 cm³/mol. The molecule has 0 radical (unpaired) electrons. The number of hydrogen-bond acceptors (Lipinski definition) is 5. The lowest BCUT2D eigenvalue weighted by Gasteiger charge is -2.10. The minimum atomic E-state index is 0.365. The first-order chi connectivity index (χ1) is 13.8. The third-order valence-electron chi connectivity index (χ3n) is 4.83. The van der Waals surface area contributed by atoms with Gasteiger partial charge in [0.05, 0.1) is 24.9 Å². The molecule has 3 aromatic rings. The molecular formula is C23H29N3O2. The number of benzene rings is 2. The van der Waals surface area contributed by atoms with Gasteiger partial charge in [0, 0.05) is 5.39 Å². The van der Waals surface area contributed by atoms with E-state index >= 15 is 0 Å². The second-order valence-electron chi connectivity index (χ2n) is 6.92. The summed E-state index contributed by atoms with van der Waals surface area (Å²) in [4.78, 5) is 8.74. The minimum absolute atomic E-state index is 0.365. The van der Waals surface area contributed by atoms with E-state index in [1.165, 1.54) is 25.7 Å². The Labute approximate surface area is 166 Å². The maximum absolute atomic E-state index is 5.84. The van der Waals surface area contributed by atoms with Gasteiger partial charge in [-0.05, 0) is 37.5 Å². The number of unbranched alkanes of at least 4 members (excludes halogenated alkanes) is 5. The van der Waals surface area contributed by atoms with Crippen molar-refractivity contribution in [1.82, 2.24) is 9.97 Å². The van der Waals surface area contributed by atoms with Crippen molar-refractivity contribution in [3.8, 4) is 11.5 Å². The number of methoxy groups -OCH3 is 1. The van der Waals surface area contributed by atoms with Gasteiger partial charge < -0.3 is 15.2 Å². The van der Waals surface area contributed by atoms with E-state index in [1.54, 1.807) is 7.11 Å². The molecule has 0 fully saturated rings. The van der Waals surface area contributed by atoms with Crippen LogP contribution in [-0.2, 0) is 6.42 Å². The van der Waals surface area contributed by atoms with Gasteiger partial charge in [-0.15, -0.1) is 0 Å². The van der Waals surface area contributed by atoms with Crippen molar-refractivity contribution in [3.63, 3.8) is 0 Å². The smallest absolute Gasteiger partial charge is 0.220 e. The largest absolute Gasteiger partial charge is 0.493 e. The number of nitrogens with zero attached hydrogens (tertiary/aromatic N) is 2. The second kappa shape index (κ2) is 10.5. The van der Waals surface area contributed by atoms with Crippen LogP contribution in [0.5, 0.6) is 11.5 Å². The van der Waals surface area contributed by atoms with Crippen LogP contribution < -0.4 is 15.2 Å². The van der Waals surface area contributed by atoms with Crippen LogP contribution in [-0.4, -0.2) is 23.7 Å². The number of aromatic nitrogens is 2. The first kappa shape index (κ1) is 19.9. The number of nitrogens with two attached hydrogens (primary N) is 1. The fourth-order valence-corrected chi connectivity index (χ4v) is 3.37. The highest BCUT2D eigenvalue weighted by atomic mass is 16.5. The molecule has 3 rings (SSSR count). The Morgan fingerprint density at radius 3 is 2.29 bits per heavy atom. The predicted octanol–water partition coefficient (Wildman–Crippen LogP) is 5.18. The van der Waals surface area contributed by atoms with E-state index in [0.717, 1.165) is 54.0 Å². The zero-order valence-corrected chi connectivity index (χ0v) is 16.6. The van der Waals surface area contributed by atoms with Gasteiger partial charge in [0.25, 0.3) is 0 Å². The summed E-state index contributed by atoms with van der Waals surface area (Å²) in [6, 6.07) is 15.9. The van der Waals surface area contributed by atoms with Crippen LogP contribution in [0.1, 0.15) is 44.2 Å². The van der Waals surface area contributed by atoms with Crippen LogP contribution in [0.4, 0.5) is 5.95 Å². The normalized spacial score (nSPS) is 10.9. The van der Waals surface area contributed by atoms with Crippen molar-refractivity contribution < 1.29 is 9.47 Å². The van der Waals surface area contributed by atoms with E-state index in [0.29, 0.717) is 5.95 Å². The highest BCUT2D eigenvalue weighted by Gasteiger charge is 2.06. The molecule has 0 unspecified atom stereocenters. The molecule has 148 valence electrons. The topological polar surface area (TPSA) is 70.3 Å². The van der Waals surface area contributed by atoms with Crippen LogP contribution in [0.15, 0.2) is 48.5 Å². The van der Waals surface area contributed by atoms with Crippen LogP contribution in [0, 0.1) is 0 Å². The molecule has 2 aromatic carbocycles. The number of ether oxygens (including phenoxy) is 2. The van der Waals surface area contributed by atoms with Gasteiger partial charge in [-0.3, -0.25) is 0 Å². The van der Waals surface area contributed by atoms with Crippen molar-refractivity contribution in [2.45, 2.75) is 44.9 Å². The Kier molecular flexibility index (Phi) is 7.47. The minimum Gasteiger partial charge on any atom is -0.493 e. The number of para-hydroxylation sites is 3. The van der Waals surface area contributed by atoms with Gasteiger partial charge in [0.2, 0.25) is 5.95 Å².